The molecule has 0 saturated heterocycles. The van der Waals surface area contributed by atoms with Crippen molar-refractivity contribution in [3.63, 3.8) is 0 Å². The molecule has 7 nitrogen and oxygen atoms in total. The van der Waals surface area contributed by atoms with Crippen LogP contribution >= 0.6 is 0 Å². The molecule has 0 radical (unpaired) electrons. The molecule has 3 aromatic heterocycles. The van der Waals surface area contributed by atoms with Crippen LogP contribution in [0.4, 0.5) is 0 Å². The maximum absolute atomic E-state index is 12.9. The number of H-pyrrole nitrogens is 1. The van der Waals surface area contributed by atoms with Crippen LogP contribution in [0.5, 0.6) is 0 Å². The van der Waals surface area contributed by atoms with Crippen molar-refractivity contribution < 1.29 is 0 Å². The first kappa shape index (κ1) is 16.2. The number of hydrogen-bond donors (Lipinski definition) is 2. The molecule has 0 atom stereocenters. The van der Waals surface area contributed by atoms with Gasteiger partial charge in [-0.05, 0) is 48.7 Å². The molecule has 7 heteroatoms. The molecule has 2 N–H and O–H groups in total. The van der Waals surface area contributed by atoms with E-state index in [1.54, 1.807) is 16.8 Å². The number of fused-ring (bicyclic) bond motifs is 2. The van der Waals surface area contributed by atoms with E-state index in [1.165, 1.54) is 17.2 Å². The van der Waals surface area contributed by atoms with Crippen LogP contribution < -0.4 is 16.4 Å². The Morgan fingerprint density at radius 2 is 2.23 bits per heavy atom. The molecule has 0 bridgehead atoms. The number of hydrogen-bond acceptors (Lipinski definition) is 5. The fourth-order valence-electron chi connectivity index (χ4n) is 3.47. The number of aromatic amines is 1. The quantitative estimate of drug-likeness (QED) is 0.719. The van der Waals surface area contributed by atoms with E-state index in [1.807, 2.05) is 19.2 Å². The number of nitrogens with zero attached hydrogens (tertiary/aromatic N) is 3. The summed E-state index contributed by atoms with van der Waals surface area (Å²) in [6, 6.07) is 4.88. The van der Waals surface area contributed by atoms with Gasteiger partial charge in [-0.15, -0.1) is 0 Å². The second kappa shape index (κ2) is 6.24. The lowest BCUT2D eigenvalue weighted by Gasteiger charge is -2.22. The third kappa shape index (κ3) is 2.61. The van der Waals surface area contributed by atoms with Crippen LogP contribution in [-0.2, 0) is 19.5 Å². The van der Waals surface area contributed by atoms with Crippen LogP contribution in [0.1, 0.15) is 27.9 Å². The average molecular weight is 347 g/mol. The highest BCUT2D eigenvalue weighted by Crippen LogP contribution is 2.21. The van der Waals surface area contributed by atoms with Crippen molar-refractivity contribution in [2.45, 2.75) is 26.4 Å². The van der Waals surface area contributed by atoms with Crippen molar-refractivity contribution in [1.29, 1.82) is 5.26 Å². The Morgan fingerprint density at radius 1 is 1.38 bits per heavy atom. The van der Waals surface area contributed by atoms with Crippen molar-refractivity contribution in [1.82, 2.24) is 19.9 Å². The van der Waals surface area contributed by atoms with Gasteiger partial charge in [-0.2, -0.15) is 5.26 Å². The Balaban J connectivity index is 1.86. The van der Waals surface area contributed by atoms with Gasteiger partial charge in [-0.3, -0.25) is 14.6 Å². The van der Waals surface area contributed by atoms with E-state index in [2.05, 4.69) is 15.3 Å². The molecule has 0 spiro atoms. The largest absolute Gasteiger partial charge is 0.321 e. The first-order valence-corrected chi connectivity index (χ1v) is 8.42. The van der Waals surface area contributed by atoms with Gasteiger partial charge in [0.05, 0.1) is 17.4 Å². The monoisotopic (exact) mass is 347 g/mol. The summed E-state index contributed by atoms with van der Waals surface area (Å²) in [6.45, 7) is 4.06. The predicted octanol–water partition coefficient (Wildman–Crippen LogP) is 0.959. The van der Waals surface area contributed by atoms with E-state index in [-0.39, 0.29) is 11.1 Å². The van der Waals surface area contributed by atoms with Crippen molar-refractivity contribution in [2.24, 2.45) is 0 Å². The lowest BCUT2D eigenvalue weighted by atomic mass is 9.96. The van der Waals surface area contributed by atoms with E-state index in [0.29, 0.717) is 17.4 Å². The van der Waals surface area contributed by atoms with E-state index >= 15 is 0 Å². The Labute approximate surface area is 148 Å². The molecule has 1 aliphatic rings. The summed E-state index contributed by atoms with van der Waals surface area (Å²) in [5, 5.41) is 12.7. The van der Waals surface area contributed by atoms with Gasteiger partial charge in [-0.25, -0.2) is 0 Å². The minimum absolute atomic E-state index is 0.0617. The zero-order valence-corrected chi connectivity index (χ0v) is 14.3. The summed E-state index contributed by atoms with van der Waals surface area (Å²) in [7, 11) is 0. The molecule has 4 heterocycles. The van der Waals surface area contributed by atoms with Gasteiger partial charge >= 0.3 is 0 Å². The Hall–Kier alpha value is -3.24. The summed E-state index contributed by atoms with van der Waals surface area (Å²) in [5.74, 6) is 0. The molecule has 0 fully saturated rings. The third-order valence-electron chi connectivity index (χ3n) is 4.90. The first-order valence-electron chi connectivity index (χ1n) is 8.42. The highest BCUT2D eigenvalue weighted by Gasteiger charge is 2.17. The van der Waals surface area contributed by atoms with Crippen molar-refractivity contribution in [2.75, 3.05) is 6.54 Å². The van der Waals surface area contributed by atoms with Crippen molar-refractivity contribution in [3.8, 4) is 6.07 Å². The minimum Gasteiger partial charge on any atom is -0.321 e. The molecule has 130 valence electrons. The molecule has 26 heavy (non-hydrogen) atoms. The summed E-state index contributed by atoms with van der Waals surface area (Å²) in [6.07, 6.45) is 4.47. The van der Waals surface area contributed by atoms with Gasteiger partial charge < -0.3 is 14.9 Å². The number of pyridine rings is 3. The topological polar surface area (TPSA) is 104 Å². The summed E-state index contributed by atoms with van der Waals surface area (Å²) < 4.78 is 1.61. The van der Waals surface area contributed by atoms with Crippen LogP contribution in [0.3, 0.4) is 0 Å². The van der Waals surface area contributed by atoms with Crippen LogP contribution in [0, 0.1) is 18.3 Å². The fraction of sp³-hybridized carbons (Fsp3) is 0.263. The number of aromatic nitrogens is 3. The normalized spacial score (nSPS) is 13.4. The van der Waals surface area contributed by atoms with Gasteiger partial charge in [0.25, 0.3) is 11.1 Å². The van der Waals surface area contributed by atoms with Gasteiger partial charge in [0, 0.05) is 24.6 Å². The molecule has 1 aliphatic heterocycles. The molecule has 0 unspecified atom stereocenters. The SMILES string of the molecule is Cc1ncc2c(c1Cn1ccc3[nH]c(=O)c(C#N)cc3c1=O)CCNC2. The molecule has 0 amide bonds. The maximum Gasteiger partial charge on any atom is 0.266 e. The minimum atomic E-state index is -0.484. The zero-order chi connectivity index (χ0) is 18.3. The maximum atomic E-state index is 12.9. The molecule has 0 aromatic carbocycles. The van der Waals surface area contributed by atoms with E-state index in [4.69, 9.17) is 5.26 Å². The van der Waals surface area contributed by atoms with Gasteiger partial charge in [0.2, 0.25) is 0 Å². The summed E-state index contributed by atoms with van der Waals surface area (Å²) >= 11 is 0. The Morgan fingerprint density at radius 3 is 3.04 bits per heavy atom. The molecular formula is C19H17N5O2. The van der Waals surface area contributed by atoms with Gasteiger partial charge in [-0.1, -0.05) is 0 Å². The van der Waals surface area contributed by atoms with Crippen LogP contribution in [0.15, 0.2) is 34.1 Å². The summed E-state index contributed by atoms with van der Waals surface area (Å²) in [5.41, 5.74) is 4.05. The number of aryl methyl sites for hydroxylation is 1. The lowest BCUT2D eigenvalue weighted by molar-refractivity contribution is 0.626. The van der Waals surface area contributed by atoms with Crippen molar-refractivity contribution >= 4 is 10.9 Å². The number of nitrogens with one attached hydrogen (secondary N) is 2. The zero-order valence-electron chi connectivity index (χ0n) is 14.3. The van der Waals surface area contributed by atoms with Crippen LogP contribution in [0.2, 0.25) is 0 Å². The second-order valence-electron chi connectivity index (χ2n) is 6.45. The Kier molecular flexibility index (Phi) is 3.90. The molecule has 0 saturated carbocycles. The summed E-state index contributed by atoms with van der Waals surface area (Å²) in [4.78, 5) is 31.7. The Bertz CT molecular complexity index is 1180. The number of nitriles is 1. The van der Waals surface area contributed by atoms with E-state index < -0.39 is 5.56 Å². The predicted molar refractivity (Wildman–Crippen MR) is 97.0 cm³/mol. The van der Waals surface area contributed by atoms with Gasteiger partial charge in [0.1, 0.15) is 11.6 Å². The molecule has 3 aromatic rings. The van der Waals surface area contributed by atoms with Gasteiger partial charge in [0.15, 0.2) is 0 Å². The first-order chi connectivity index (χ1) is 12.6. The van der Waals surface area contributed by atoms with Crippen LogP contribution in [0.25, 0.3) is 10.9 Å². The number of rotatable bonds is 2. The van der Waals surface area contributed by atoms with E-state index in [0.717, 1.165) is 30.8 Å². The second-order valence-corrected chi connectivity index (χ2v) is 6.45. The molecular weight excluding hydrogens is 330 g/mol. The lowest BCUT2D eigenvalue weighted by Crippen LogP contribution is -2.28. The average Bonchev–Trinajstić information content (AvgIpc) is 2.65. The molecule has 0 aliphatic carbocycles. The van der Waals surface area contributed by atoms with Crippen LogP contribution in [-0.4, -0.2) is 21.1 Å². The highest BCUT2D eigenvalue weighted by molar-refractivity contribution is 5.78. The third-order valence-corrected chi connectivity index (χ3v) is 4.90. The highest BCUT2D eigenvalue weighted by atomic mass is 16.1. The smallest absolute Gasteiger partial charge is 0.266 e. The standard InChI is InChI=1S/C19H17N5O2/c1-11-16(14-2-4-21-8-13(14)9-22-11)10-24-5-3-17-15(19(24)26)6-12(7-20)18(25)23-17/h3,5-6,9,21H,2,4,8,10H2,1H3,(H,23,25). The van der Waals surface area contributed by atoms with Crippen molar-refractivity contribution in [3.05, 3.63) is 73.2 Å². The molecule has 4 rings (SSSR count). The van der Waals surface area contributed by atoms with E-state index in [9.17, 15) is 9.59 Å². The fourth-order valence-corrected chi connectivity index (χ4v) is 3.47.